The van der Waals surface area contributed by atoms with Crippen molar-refractivity contribution in [1.29, 1.82) is 0 Å². The smallest absolute Gasteiger partial charge is 0.414 e. The van der Waals surface area contributed by atoms with Gasteiger partial charge >= 0.3 is 6.09 Å². The first-order valence-corrected chi connectivity index (χ1v) is 14.4. The van der Waals surface area contributed by atoms with Crippen LogP contribution in [0.2, 0.25) is 5.04 Å². The molecule has 1 aliphatic heterocycles. The van der Waals surface area contributed by atoms with Gasteiger partial charge in [-0.3, -0.25) is 4.79 Å². The maximum atomic E-state index is 12.8. The number of hydrogen-bond acceptors (Lipinski definition) is 3. The van der Waals surface area contributed by atoms with Crippen LogP contribution in [0.4, 0.5) is 4.79 Å². The van der Waals surface area contributed by atoms with Crippen molar-refractivity contribution in [3.63, 3.8) is 0 Å². The van der Waals surface area contributed by atoms with Crippen LogP contribution < -0.4 is 10.4 Å². The SMILES string of the molecule is CC(C)(C)[Si](OCC1C(c2ccc(Br)cc2)CC(=O)N1C(=O)O)(c1ccccc1)c1ccccc1. The summed E-state index contributed by atoms with van der Waals surface area (Å²) in [7, 11) is -2.88. The third-order valence-corrected chi connectivity index (χ3v) is 12.4. The molecule has 1 aliphatic rings. The third-order valence-electron chi connectivity index (χ3n) is 6.85. The maximum absolute atomic E-state index is 12.8. The summed E-state index contributed by atoms with van der Waals surface area (Å²) in [4.78, 5) is 26.0. The molecule has 1 heterocycles. The van der Waals surface area contributed by atoms with Gasteiger partial charge < -0.3 is 9.53 Å². The largest absolute Gasteiger partial charge is 0.465 e. The molecular weight excluding hydrogens is 522 g/mol. The van der Waals surface area contributed by atoms with Gasteiger partial charge in [0.2, 0.25) is 5.91 Å². The number of rotatable bonds is 6. The topological polar surface area (TPSA) is 66.8 Å². The zero-order chi connectivity index (χ0) is 25.2. The second kappa shape index (κ2) is 10.1. The molecule has 1 saturated heterocycles. The molecule has 0 radical (unpaired) electrons. The van der Waals surface area contributed by atoms with Crippen molar-refractivity contribution >= 4 is 46.6 Å². The van der Waals surface area contributed by atoms with Crippen LogP contribution in [-0.4, -0.2) is 43.0 Å². The number of halogens is 1. The Morgan fingerprint density at radius 3 is 1.94 bits per heavy atom. The van der Waals surface area contributed by atoms with Crippen molar-refractivity contribution in [3.8, 4) is 0 Å². The third kappa shape index (κ3) is 4.85. The zero-order valence-corrected chi connectivity index (χ0v) is 22.7. The fraction of sp³-hybridized carbons (Fsp3) is 0.286. The molecule has 1 fully saturated rings. The predicted molar refractivity (Wildman–Crippen MR) is 144 cm³/mol. The van der Waals surface area contributed by atoms with E-state index in [4.69, 9.17) is 4.43 Å². The van der Waals surface area contributed by atoms with Gasteiger partial charge in [-0.2, -0.15) is 0 Å². The normalized spacial score (nSPS) is 18.6. The van der Waals surface area contributed by atoms with E-state index in [0.29, 0.717) is 0 Å². The van der Waals surface area contributed by atoms with E-state index in [2.05, 4.69) is 61.0 Å². The minimum Gasteiger partial charge on any atom is -0.465 e. The van der Waals surface area contributed by atoms with Crippen LogP contribution >= 0.6 is 15.9 Å². The van der Waals surface area contributed by atoms with Crippen molar-refractivity contribution in [3.05, 3.63) is 95.0 Å². The lowest BCUT2D eigenvalue weighted by molar-refractivity contribution is -0.127. The number of hydrogen-bond donors (Lipinski definition) is 1. The van der Waals surface area contributed by atoms with Gasteiger partial charge in [0, 0.05) is 16.8 Å². The van der Waals surface area contributed by atoms with Crippen LogP contribution in [0.1, 0.15) is 38.7 Å². The van der Waals surface area contributed by atoms with Gasteiger partial charge in [0.05, 0.1) is 12.6 Å². The lowest BCUT2D eigenvalue weighted by Crippen LogP contribution is -2.67. The quantitative estimate of drug-likeness (QED) is 0.417. The fourth-order valence-electron chi connectivity index (χ4n) is 5.25. The Morgan fingerprint density at radius 1 is 0.971 bits per heavy atom. The molecule has 2 unspecified atom stereocenters. The predicted octanol–water partition coefficient (Wildman–Crippen LogP) is 5.39. The van der Waals surface area contributed by atoms with E-state index >= 15 is 0 Å². The molecule has 0 saturated carbocycles. The highest BCUT2D eigenvalue weighted by Gasteiger charge is 2.52. The summed E-state index contributed by atoms with van der Waals surface area (Å²) in [5.41, 5.74) is 0.932. The average molecular weight is 553 g/mol. The lowest BCUT2D eigenvalue weighted by Gasteiger charge is -2.44. The molecular formula is C28H30BrNO4Si. The number of carbonyl (C=O) groups is 2. The fourth-order valence-corrected chi connectivity index (χ4v) is 10.1. The number of carboxylic acid groups (broad SMARTS) is 1. The molecule has 0 aliphatic carbocycles. The second-order valence-electron chi connectivity index (χ2n) is 9.95. The van der Waals surface area contributed by atoms with Gasteiger partial charge in [-0.15, -0.1) is 0 Å². The number of benzene rings is 3. The molecule has 182 valence electrons. The van der Waals surface area contributed by atoms with Crippen molar-refractivity contribution < 1.29 is 19.1 Å². The molecule has 0 bridgehead atoms. The van der Waals surface area contributed by atoms with Gasteiger partial charge in [0.25, 0.3) is 8.32 Å². The van der Waals surface area contributed by atoms with Gasteiger partial charge in [-0.1, -0.05) is 109 Å². The zero-order valence-electron chi connectivity index (χ0n) is 20.1. The van der Waals surface area contributed by atoms with Gasteiger partial charge in [-0.25, -0.2) is 9.69 Å². The van der Waals surface area contributed by atoms with Crippen molar-refractivity contribution in [2.75, 3.05) is 6.61 Å². The molecule has 5 nitrogen and oxygen atoms in total. The van der Waals surface area contributed by atoms with Gasteiger partial charge in [0.1, 0.15) is 0 Å². The van der Waals surface area contributed by atoms with Crippen LogP contribution in [-0.2, 0) is 9.22 Å². The summed E-state index contributed by atoms with van der Waals surface area (Å²) in [5, 5.41) is 11.9. The Hall–Kier alpha value is -2.74. The highest BCUT2D eigenvalue weighted by Crippen LogP contribution is 2.40. The molecule has 1 N–H and O–H groups in total. The van der Waals surface area contributed by atoms with E-state index in [0.717, 1.165) is 25.3 Å². The monoisotopic (exact) mass is 551 g/mol. The van der Waals surface area contributed by atoms with E-state index in [1.54, 1.807) is 0 Å². The number of amides is 2. The standard InChI is InChI=1S/C28H30BrNO4Si/c1-28(2,3)35(22-10-6-4-7-11-22,23-12-8-5-9-13-23)34-19-25-24(18-26(31)30(25)27(32)33)20-14-16-21(29)17-15-20/h4-17,24-25H,18-19H2,1-3H3,(H,32,33). The van der Waals surface area contributed by atoms with Crippen molar-refractivity contribution in [2.45, 2.75) is 44.2 Å². The summed E-state index contributed by atoms with van der Waals surface area (Å²) in [6, 6.07) is 27.6. The Bertz CT molecular complexity index is 1140. The highest BCUT2D eigenvalue weighted by atomic mass is 79.9. The summed E-state index contributed by atoms with van der Waals surface area (Å²) in [5.74, 6) is -0.661. The molecule has 2 atom stereocenters. The number of nitrogens with zero attached hydrogens (tertiary/aromatic N) is 1. The first kappa shape index (κ1) is 25.4. The highest BCUT2D eigenvalue weighted by molar-refractivity contribution is 9.10. The number of likely N-dealkylation sites (tertiary alicyclic amines) is 1. The van der Waals surface area contributed by atoms with E-state index in [9.17, 15) is 14.7 Å². The van der Waals surface area contributed by atoms with E-state index in [1.807, 2.05) is 60.7 Å². The average Bonchev–Trinajstić information content (AvgIpc) is 3.16. The maximum Gasteiger partial charge on any atom is 0.414 e. The summed E-state index contributed by atoms with van der Waals surface area (Å²) < 4.78 is 7.96. The van der Waals surface area contributed by atoms with Crippen LogP contribution in [0.15, 0.2) is 89.4 Å². The second-order valence-corrected chi connectivity index (χ2v) is 15.2. The minimum atomic E-state index is -2.88. The van der Waals surface area contributed by atoms with Crippen LogP contribution in [0.3, 0.4) is 0 Å². The summed E-state index contributed by atoms with van der Waals surface area (Å²) >= 11 is 3.46. The molecule has 3 aromatic rings. The molecule has 0 spiro atoms. The van der Waals surface area contributed by atoms with Crippen molar-refractivity contribution in [1.82, 2.24) is 4.90 Å². The van der Waals surface area contributed by atoms with Crippen molar-refractivity contribution in [2.24, 2.45) is 0 Å². The van der Waals surface area contributed by atoms with Crippen LogP contribution in [0.5, 0.6) is 0 Å². The first-order valence-electron chi connectivity index (χ1n) is 11.7. The van der Waals surface area contributed by atoms with Gasteiger partial charge in [0.15, 0.2) is 0 Å². The Morgan fingerprint density at radius 2 is 1.49 bits per heavy atom. The van der Waals surface area contributed by atoms with Gasteiger partial charge in [-0.05, 0) is 33.1 Å². The first-order chi connectivity index (χ1) is 16.6. The molecule has 35 heavy (non-hydrogen) atoms. The number of carbonyl (C=O) groups excluding carboxylic acids is 1. The molecule has 4 rings (SSSR count). The molecule has 2 amide bonds. The van der Waals surface area contributed by atoms with E-state index in [-0.39, 0.29) is 29.9 Å². The summed E-state index contributed by atoms with van der Waals surface area (Å²) in [6.45, 7) is 6.67. The lowest BCUT2D eigenvalue weighted by atomic mass is 9.92. The Kier molecular flexibility index (Phi) is 7.31. The molecule has 7 heteroatoms. The summed E-state index contributed by atoms with van der Waals surface area (Å²) in [6.07, 6.45) is -1.09. The molecule has 0 aromatic heterocycles. The van der Waals surface area contributed by atoms with E-state index < -0.39 is 20.5 Å². The number of imide groups is 1. The van der Waals surface area contributed by atoms with Crippen LogP contribution in [0, 0.1) is 0 Å². The minimum absolute atomic E-state index is 0.131. The Balaban J connectivity index is 1.79. The van der Waals surface area contributed by atoms with E-state index in [1.165, 1.54) is 0 Å². The van der Waals surface area contributed by atoms with Crippen LogP contribution in [0.25, 0.3) is 0 Å². The Labute approximate surface area is 216 Å². The molecule has 3 aromatic carbocycles.